The highest BCUT2D eigenvalue weighted by Gasteiger charge is 2.19. The van der Waals surface area contributed by atoms with Gasteiger partial charge in [-0.3, -0.25) is 0 Å². The lowest BCUT2D eigenvalue weighted by Gasteiger charge is -2.26. The molecule has 0 amide bonds. The van der Waals surface area contributed by atoms with Gasteiger partial charge in [-0.2, -0.15) is 0 Å². The van der Waals surface area contributed by atoms with Gasteiger partial charge in [-0.05, 0) is 94.5 Å². The van der Waals surface area contributed by atoms with Crippen LogP contribution in [0, 0.1) is 0 Å². The van der Waals surface area contributed by atoms with E-state index in [0.29, 0.717) is 0 Å². The molecule has 0 atom stereocenters. The zero-order chi connectivity index (χ0) is 38.2. The van der Waals surface area contributed by atoms with E-state index < -0.39 is 0 Å². The summed E-state index contributed by atoms with van der Waals surface area (Å²) in [6, 6.07) is 71.5. The first-order valence-electron chi connectivity index (χ1n) is 19.6. The van der Waals surface area contributed by atoms with Gasteiger partial charge < -0.3 is 13.7 Å². The predicted molar refractivity (Wildman–Crippen MR) is 245 cm³/mol. The molecule has 58 heavy (non-hydrogen) atoms. The first-order chi connectivity index (χ1) is 28.7. The Morgan fingerprint density at radius 2 is 0.897 bits per heavy atom. The van der Waals surface area contributed by atoms with Crippen LogP contribution in [0.1, 0.15) is 0 Å². The molecule has 12 rings (SSSR count). The fourth-order valence-corrected chi connectivity index (χ4v) is 9.88. The van der Waals surface area contributed by atoms with Crippen LogP contribution in [0.5, 0.6) is 0 Å². The smallest absolute Gasteiger partial charge is 0.143 e. The summed E-state index contributed by atoms with van der Waals surface area (Å²) in [5.74, 6) is 0. The van der Waals surface area contributed by atoms with Crippen LogP contribution in [-0.4, -0.2) is 0 Å². The van der Waals surface area contributed by atoms with E-state index in [1.54, 1.807) is 0 Å². The average Bonchev–Trinajstić information content (AvgIpc) is 3.98. The summed E-state index contributed by atoms with van der Waals surface area (Å²) in [6.07, 6.45) is 0. The third-order valence-electron chi connectivity index (χ3n) is 11.5. The number of thiophene rings is 1. The van der Waals surface area contributed by atoms with Crippen LogP contribution in [-0.2, 0) is 0 Å². The van der Waals surface area contributed by atoms with Crippen LogP contribution in [0.4, 0.5) is 17.1 Å². The zero-order valence-electron chi connectivity index (χ0n) is 31.2. The summed E-state index contributed by atoms with van der Waals surface area (Å²) < 4.78 is 15.2. The fourth-order valence-electron chi connectivity index (χ4n) is 8.67. The molecule has 3 nitrogen and oxygen atoms in total. The van der Waals surface area contributed by atoms with Gasteiger partial charge in [0.1, 0.15) is 22.3 Å². The number of hydrogen-bond donors (Lipinski definition) is 0. The minimum atomic E-state index is 0.892. The fraction of sp³-hybridized carbons (Fsp3) is 0. The van der Waals surface area contributed by atoms with Crippen molar-refractivity contribution in [3.05, 3.63) is 200 Å². The number of para-hydroxylation sites is 2. The van der Waals surface area contributed by atoms with Gasteiger partial charge in [-0.1, -0.05) is 133 Å². The first kappa shape index (κ1) is 32.8. The molecule has 3 heterocycles. The van der Waals surface area contributed by atoms with Gasteiger partial charge in [0.05, 0.1) is 10.4 Å². The Morgan fingerprint density at radius 1 is 0.345 bits per heavy atom. The Hall–Kier alpha value is -7.40. The van der Waals surface area contributed by atoms with Crippen LogP contribution in [0.3, 0.4) is 0 Å². The highest BCUT2D eigenvalue weighted by molar-refractivity contribution is 7.26. The van der Waals surface area contributed by atoms with Crippen molar-refractivity contribution in [2.75, 3.05) is 4.90 Å². The van der Waals surface area contributed by atoms with Gasteiger partial charge in [0, 0.05) is 54.0 Å². The molecule has 0 fully saturated rings. The molecule has 12 aromatic rings. The average molecular weight is 760 g/mol. The largest absolute Gasteiger partial charge is 0.456 e. The van der Waals surface area contributed by atoms with E-state index in [2.05, 4.69) is 187 Å². The number of hydrogen-bond acceptors (Lipinski definition) is 4. The summed E-state index contributed by atoms with van der Waals surface area (Å²) in [5, 5.41) is 7.07. The van der Waals surface area contributed by atoms with Crippen LogP contribution >= 0.6 is 11.3 Å². The maximum Gasteiger partial charge on any atom is 0.143 e. The highest BCUT2D eigenvalue weighted by Crippen LogP contribution is 2.46. The molecule has 9 aromatic carbocycles. The van der Waals surface area contributed by atoms with Crippen molar-refractivity contribution in [3.8, 4) is 33.4 Å². The van der Waals surface area contributed by atoms with Crippen LogP contribution < -0.4 is 4.90 Å². The molecule has 0 saturated carbocycles. The molecule has 4 heteroatoms. The lowest BCUT2D eigenvalue weighted by molar-refractivity contribution is 0.669. The molecule has 0 bridgehead atoms. The molecule has 0 radical (unpaired) electrons. The van der Waals surface area contributed by atoms with Gasteiger partial charge in [-0.25, -0.2) is 0 Å². The van der Waals surface area contributed by atoms with Gasteiger partial charge >= 0.3 is 0 Å². The molecule has 0 saturated heterocycles. The molecule has 0 aliphatic carbocycles. The van der Waals surface area contributed by atoms with Gasteiger partial charge in [0.25, 0.3) is 0 Å². The number of fused-ring (bicyclic) bond motifs is 9. The standard InChI is InChI=1S/C54H33NO2S/c1-2-10-36(11-3-1)41-14-8-15-44-47-33-38(25-31-51(47)57-53(41)44)35-22-28-40(29-23-35)55(48-17-9-16-45-43-13-5-7-19-52(43)58-54(45)48)39-26-20-34(21-27-39)37-24-30-50-46(32-37)42-12-4-6-18-49(42)56-50/h1-33H. The maximum atomic E-state index is 6.49. The molecule has 0 aliphatic rings. The van der Waals surface area contributed by atoms with E-state index in [9.17, 15) is 0 Å². The van der Waals surface area contributed by atoms with Crippen molar-refractivity contribution >= 4 is 92.4 Å². The number of anilines is 3. The van der Waals surface area contributed by atoms with Gasteiger partial charge in [0.15, 0.2) is 0 Å². The number of rotatable bonds is 6. The maximum absolute atomic E-state index is 6.49. The van der Waals surface area contributed by atoms with Crippen molar-refractivity contribution in [2.24, 2.45) is 0 Å². The van der Waals surface area contributed by atoms with E-state index in [0.717, 1.165) is 94.3 Å². The SMILES string of the molecule is c1ccc(-c2cccc3c2oc2ccc(-c4ccc(N(c5ccc(-c6ccc7oc8ccccc8c7c6)cc5)c5cccc6c5sc5ccccc56)cc4)cc23)cc1. The summed E-state index contributed by atoms with van der Waals surface area (Å²) >= 11 is 1.85. The van der Waals surface area contributed by atoms with Crippen LogP contribution in [0.2, 0.25) is 0 Å². The Kier molecular flexibility index (Phi) is 7.40. The molecule has 0 aliphatic heterocycles. The van der Waals surface area contributed by atoms with E-state index >= 15 is 0 Å². The summed E-state index contributed by atoms with van der Waals surface area (Å²) in [6.45, 7) is 0. The lowest BCUT2D eigenvalue weighted by Crippen LogP contribution is -2.10. The Morgan fingerprint density at radius 3 is 1.64 bits per heavy atom. The van der Waals surface area contributed by atoms with Crippen molar-refractivity contribution in [1.29, 1.82) is 0 Å². The molecule has 0 spiro atoms. The van der Waals surface area contributed by atoms with Crippen molar-refractivity contribution < 1.29 is 8.83 Å². The summed E-state index contributed by atoms with van der Waals surface area (Å²) in [4.78, 5) is 2.40. The van der Waals surface area contributed by atoms with Crippen LogP contribution in [0.25, 0.3) is 97.4 Å². The highest BCUT2D eigenvalue weighted by atomic mass is 32.1. The Bertz CT molecular complexity index is 3500. The van der Waals surface area contributed by atoms with E-state index in [1.807, 2.05) is 29.5 Å². The quantitative estimate of drug-likeness (QED) is 0.169. The van der Waals surface area contributed by atoms with E-state index in [-0.39, 0.29) is 0 Å². The molecule has 0 N–H and O–H groups in total. The molecular weight excluding hydrogens is 727 g/mol. The lowest BCUT2D eigenvalue weighted by atomic mass is 10.00. The second-order valence-electron chi connectivity index (χ2n) is 14.9. The van der Waals surface area contributed by atoms with Gasteiger partial charge in [0.2, 0.25) is 0 Å². The first-order valence-corrected chi connectivity index (χ1v) is 20.4. The summed E-state index contributed by atoms with van der Waals surface area (Å²) in [5.41, 5.74) is 13.8. The van der Waals surface area contributed by atoms with E-state index in [4.69, 9.17) is 8.83 Å². The topological polar surface area (TPSA) is 29.5 Å². The number of furan rings is 2. The Labute approximate surface area is 338 Å². The normalized spacial score (nSPS) is 11.8. The minimum Gasteiger partial charge on any atom is -0.456 e. The summed E-state index contributed by atoms with van der Waals surface area (Å²) in [7, 11) is 0. The predicted octanol–water partition coefficient (Wildman–Crippen LogP) is 16.3. The second kappa shape index (κ2) is 13.1. The van der Waals surface area contributed by atoms with E-state index in [1.165, 1.54) is 20.2 Å². The van der Waals surface area contributed by atoms with Crippen molar-refractivity contribution in [3.63, 3.8) is 0 Å². The third-order valence-corrected chi connectivity index (χ3v) is 12.7. The molecule has 0 unspecified atom stereocenters. The number of benzene rings is 9. The zero-order valence-corrected chi connectivity index (χ0v) is 32.0. The number of nitrogens with zero attached hydrogens (tertiary/aromatic N) is 1. The van der Waals surface area contributed by atoms with Crippen molar-refractivity contribution in [2.45, 2.75) is 0 Å². The molecule has 272 valence electrons. The van der Waals surface area contributed by atoms with Crippen molar-refractivity contribution in [1.82, 2.24) is 0 Å². The van der Waals surface area contributed by atoms with Gasteiger partial charge in [-0.15, -0.1) is 11.3 Å². The molecule has 3 aromatic heterocycles. The Balaban J connectivity index is 0.953. The molecular formula is C54H33NO2S. The third kappa shape index (κ3) is 5.27. The second-order valence-corrected chi connectivity index (χ2v) is 15.9. The minimum absolute atomic E-state index is 0.892. The van der Waals surface area contributed by atoms with Crippen LogP contribution in [0.15, 0.2) is 209 Å². The monoisotopic (exact) mass is 759 g/mol.